The van der Waals surface area contributed by atoms with Gasteiger partial charge in [0.05, 0.1) is 46.1 Å². The Labute approximate surface area is 372 Å². The van der Waals surface area contributed by atoms with E-state index in [1.165, 1.54) is 17.2 Å². The van der Waals surface area contributed by atoms with Gasteiger partial charge in [0, 0.05) is 25.7 Å². The third-order valence-electron chi connectivity index (χ3n) is 10.1. The van der Waals surface area contributed by atoms with E-state index in [-0.39, 0.29) is 38.9 Å². The van der Waals surface area contributed by atoms with E-state index >= 15 is 0 Å². The normalized spacial score (nSPS) is 15.6. The van der Waals surface area contributed by atoms with Crippen LogP contribution < -0.4 is 0 Å². The predicted octanol–water partition coefficient (Wildman–Crippen LogP) is 9.03. The Morgan fingerprint density at radius 1 is 0.726 bits per heavy atom. The summed E-state index contributed by atoms with van der Waals surface area (Å²) in [6, 6.07) is 0. The minimum atomic E-state index is -4.49. The van der Waals surface area contributed by atoms with Crippen LogP contribution in [0, 0.1) is 13.8 Å². The van der Waals surface area contributed by atoms with Crippen molar-refractivity contribution >= 4 is 19.8 Å². The van der Waals surface area contributed by atoms with E-state index in [1.54, 1.807) is 42.5 Å². The summed E-state index contributed by atoms with van der Waals surface area (Å²) in [6.45, 7) is 8.00. The van der Waals surface area contributed by atoms with Gasteiger partial charge in [0.25, 0.3) is 0 Å². The summed E-state index contributed by atoms with van der Waals surface area (Å²) in [5, 5.41) is 30.6. The van der Waals surface area contributed by atoms with Gasteiger partial charge in [-0.15, -0.1) is 0 Å². The average Bonchev–Trinajstić information content (AvgIpc) is 3.47. The third-order valence-corrected chi connectivity index (χ3v) is 11.1. The Hall–Kier alpha value is -3.13. The van der Waals surface area contributed by atoms with Crippen molar-refractivity contribution in [2.75, 3.05) is 47.5 Å². The second-order valence-electron chi connectivity index (χ2n) is 16.9. The van der Waals surface area contributed by atoms with Gasteiger partial charge >= 0.3 is 19.8 Å². The maximum Gasteiger partial charge on any atom is 0.472 e. The van der Waals surface area contributed by atoms with Crippen LogP contribution in [0.2, 0.25) is 0 Å². The molecule has 0 radical (unpaired) electrons. The van der Waals surface area contributed by atoms with Gasteiger partial charge in [0.1, 0.15) is 31.3 Å². The maximum atomic E-state index is 12.8. The number of carbonyl (C=O) groups is 2. The van der Waals surface area contributed by atoms with Crippen LogP contribution in [0.3, 0.4) is 0 Å². The number of aliphatic hydroxyl groups is 3. The molecule has 0 bridgehead atoms. The molecule has 0 fully saturated rings. The van der Waals surface area contributed by atoms with E-state index in [1.807, 2.05) is 40.2 Å². The van der Waals surface area contributed by atoms with E-state index in [4.69, 9.17) is 22.9 Å². The lowest BCUT2D eigenvalue weighted by molar-refractivity contribution is -0.870. The molecule has 0 aliphatic carbocycles. The molecule has 62 heavy (non-hydrogen) atoms. The monoisotopic (exact) mass is 895 g/mol. The number of nitrogens with zero attached hydrogens (tertiary/aromatic N) is 1. The molecule has 0 saturated heterocycles. The Balaban J connectivity index is 2.49. The third kappa shape index (κ3) is 29.3. The Morgan fingerprint density at radius 3 is 1.94 bits per heavy atom. The molecule has 5 atom stereocenters. The van der Waals surface area contributed by atoms with Crippen LogP contribution in [-0.4, -0.2) is 109 Å². The number of carbonyl (C=O) groups excluding carboxylic acids is 2. The fourth-order valence-electron chi connectivity index (χ4n) is 6.17. The molecule has 0 saturated carbocycles. The number of unbranched alkanes of at least 4 members (excludes halogenated alkanes) is 7. The van der Waals surface area contributed by atoms with Crippen molar-refractivity contribution < 1.29 is 61.8 Å². The molecule has 14 heteroatoms. The van der Waals surface area contributed by atoms with E-state index in [0.29, 0.717) is 23.9 Å². The van der Waals surface area contributed by atoms with Gasteiger partial charge in [-0.2, -0.15) is 0 Å². The molecule has 1 heterocycles. The van der Waals surface area contributed by atoms with E-state index < -0.39 is 50.8 Å². The molecule has 354 valence electrons. The minimum Gasteiger partial charge on any atom is -0.466 e. The standard InChI is InChI=1S/C48H80NO12P/c1-8-10-21-28-41(50)29-22-17-15-16-18-23-30-43(51)44(52)31-26-34-48(54)60-42(38-59-62(55,56)58-36-35-49(5,6)7)37-57-47(53)33-25-20-14-12-11-13-19-24-32-46-40(4)39(3)45(61-46)27-9-2/h10,15-18,21-23,29-30,41-44,50-52H,8-9,11-14,19-20,24-28,31-38H2,1-7H3/p+1/b17-15+,18-16-,21-10-,29-22+,30-23-/t41-,42+,43+,44+/m0/s1. The van der Waals surface area contributed by atoms with Gasteiger partial charge in [-0.05, 0) is 69.9 Å². The molecular weight excluding hydrogens is 813 g/mol. The second kappa shape index (κ2) is 33.4. The highest BCUT2D eigenvalue weighted by molar-refractivity contribution is 7.47. The number of aryl methyl sites for hydroxylation is 2. The van der Waals surface area contributed by atoms with Gasteiger partial charge in [0.15, 0.2) is 6.10 Å². The molecule has 13 nitrogen and oxygen atoms in total. The zero-order chi connectivity index (χ0) is 46.2. The summed E-state index contributed by atoms with van der Waals surface area (Å²) in [5.74, 6) is 1.10. The lowest BCUT2D eigenvalue weighted by atomic mass is 10.0. The summed E-state index contributed by atoms with van der Waals surface area (Å²) >= 11 is 0. The largest absolute Gasteiger partial charge is 0.472 e. The molecule has 1 aromatic rings. The highest BCUT2D eigenvalue weighted by Gasteiger charge is 2.27. The number of allylic oxidation sites excluding steroid dienone is 7. The fourth-order valence-corrected chi connectivity index (χ4v) is 6.91. The highest BCUT2D eigenvalue weighted by atomic mass is 31.2. The van der Waals surface area contributed by atoms with Crippen molar-refractivity contribution in [3.63, 3.8) is 0 Å². The van der Waals surface area contributed by atoms with Crippen molar-refractivity contribution in [2.24, 2.45) is 0 Å². The van der Waals surface area contributed by atoms with Crippen molar-refractivity contribution in [3.05, 3.63) is 83.4 Å². The van der Waals surface area contributed by atoms with Crippen LogP contribution >= 0.6 is 7.82 Å². The average molecular weight is 895 g/mol. The number of likely N-dealkylation sites (N-methyl/N-ethyl adjacent to an activating group) is 1. The van der Waals surface area contributed by atoms with E-state index in [2.05, 4.69) is 20.8 Å². The van der Waals surface area contributed by atoms with Crippen LogP contribution in [0.5, 0.6) is 0 Å². The lowest BCUT2D eigenvalue weighted by Gasteiger charge is -2.24. The van der Waals surface area contributed by atoms with Gasteiger partial charge in [0.2, 0.25) is 0 Å². The number of hydrogen-bond donors (Lipinski definition) is 4. The summed E-state index contributed by atoms with van der Waals surface area (Å²) in [4.78, 5) is 35.5. The van der Waals surface area contributed by atoms with Crippen molar-refractivity contribution in [3.8, 4) is 0 Å². The zero-order valence-electron chi connectivity index (χ0n) is 38.9. The number of phosphoric ester groups is 1. The number of rotatable bonds is 36. The zero-order valence-corrected chi connectivity index (χ0v) is 39.8. The SMILES string of the molecule is CC/C=C\C[C@H](O)/C=C/C=C/C=C\C=C/[C@@H](O)[C@H](O)CCCC(=O)O[C@H](COC(=O)CCCCCCCCCCc1oc(CCC)c(C)c1C)COP(=O)(O)OCC[N+](C)(C)C. The molecule has 0 amide bonds. The first-order chi connectivity index (χ1) is 29.5. The molecule has 1 aromatic heterocycles. The lowest BCUT2D eigenvalue weighted by Crippen LogP contribution is -2.37. The molecule has 0 aromatic carbocycles. The number of phosphoric acid groups is 1. The molecule has 0 aliphatic rings. The first kappa shape index (κ1) is 56.9. The van der Waals surface area contributed by atoms with Crippen molar-refractivity contribution in [2.45, 2.75) is 161 Å². The highest BCUT2D eigenvalue weighted by Crippen LogP contribution is 2.43. The number of hydrogen-bond acceptors (Lipinski definition) is 11. The molecule has 0 aliphatic heterocycles. The number of ether oxygens (including phenoxy) is 2. The predicted molar refractivity (Wildman–Crippen MR) is 245 cm³/mol. The number of aliphatic hydroxyl groups excluding tert-OH is 3. The summed E-state index contributed by atoms with van der Waals surface area (Å²) in [7, 11) is 1.23. The Bertz CT molecular complexity index is 1570. The second-order valence-corrected chi connectivity index (χ2v) is 18.3. The number of furan rings is 1. The smallest absolute Gasteiger partial charge is 0.466 e. The van der Waals surface area contributed by atoms with Crippen LogP contribution in [0.4, 0.5) is 0 Å². The van der Waals surface area contributed by atoms with Crippen LogP contribution in [-0.2, 0) is 45.5 Å². The first-order valence-electron chi connectivity index (χ1n) is 22.7. The Kier molecular flexibility index (Phi) is 30.6. The molecule has 1 unspecified atom stereocenters. The molecule has 1 rings (SSSR count). The Morgan fingerprint density at radius 2 is 1.31 bits per heavy atom. The van der Waals surface area contributed by atoms with Gasteiger partial charge in [-0.1, -0.05) is 113 Å². The molecule has 0 spiro atoms. The summed E-state index contributed by atoms with van der Waals surface area (Å²) in [5.41, 5.74) is 2.59. The van der Waals surface area contributed by atoms with Crippen LogP contribution in [0.15, 0.2) is 65.2 Å². The van der Waals surface area contributed by atoms with Crippen molar-refractivity contribution in [1.82, 2.24) is 0 Å². The van der Waals surface area contributed by atoms with Gasteiger partial charge in [-0.25, -0.2) is 4.57 Å². The van der Waals surface area contributed by atoms with Crippen molar-refractivity contribution in [1.29, 1.82) is 0 Å². The fraction of sp³-hybridized carbons (Fsp3) is 0.667. The molecule has 4 N–H and O–H groups in total. The number of quaternary nitrogens is 1. The van der Waals surface area contributed by atoms with E-state index in [0.717, 1.165) is 82.1 Å². The van der Waals surface area contributed by atoms with E-state index in [9.17, 15) is 34.4 Å². The number of esters is 2. The van der Waals surface area contributed by atoms with Gasteiger partial charge < -0.3 is 38.6 Å². The quantitative estimate of drug-likeness (QED) is 0.0126. The first-order valence-corrected chi connectivity index (χ1v) is 24.2. The maximum absolute atomic E-state index is 12.8. The summed E-state index contributed by atoms with van der Waals surface area (Å²) in [6.07, 6.45) is 26.4. The van der Waals surface area contributed by atoms with Crippen LogP contribution in [0.1, 0.15) is 133 Å². The van der Waals surface area contributed by atoms with Gasteiger partial charge in [-0.3, -0.25) is 18.6 Å². The summed E-state index contributed by atoms with van der Waals surface area (Å²) < 4.78 is 40.2. The topological polar surface area (TPSA) is 182 Å². The molecular formula is C48H81NO12P+. The minimum absolute atomic E-state index is 0.0421. The van der Waals surface area contributed by atoms with Crippen LogP contribution in [0.25, 0.3) is 0 Å².